The first-order valence-electron chi connectivity index (χ1n) is 7.89. The lowest BCUT2D eigenvalue weighted by molar-refractivity contribution is 0.0697. The number of rotatable bonds is 7. The van der Waals surface area contributed by atoms with Gasteiger partial charge in [-0.2, -0.15) is 0 Å². The second kappa shape index (κ2) is 8.27. The number of aromatic carboxylic acids is 1. The van der Waals surface area contributed by atoms with E-state index in [-0.39, 0.29) is 5.56 Å². The summed E-state index contributed by atoms with van der Waals surface area (Å²) in [5.41, 5.74) is 2.79. The van der Waals surface area contributed by atoms with Crippen molar-refractivity contribution < 1.29 is 18.7 Å². The molecule has 1 unspecified atom stereocenters. The molecule has 26 heavy (non-hydrogen) atoms. The summed E-state index contributed by atoms with van der Waals surface area (Å²) in [5.74, 6) is -0.952. The Kier molecular flexibility index (Phi) is 5.82. The summed E-state index contributed by atoms with van der Waals surface area (Å²) in [6.45, 7) is 0. The van der Waals surface area contributed by atoms with Crippen LogP contribution in [-0.4, -0.2) is 19.8 Å². The van der Waals surface area contributed by atoms with Crippen LogP contribution in [0, 0.1) is 0 Å². The number of anilines is 2. The highest BCUT2D eigenvalue weighted by molar-refractivity contribution is 7.81. The average Bonchev–Trinajstić information content (AvgIpc) is 3.15. The van der Waals surface area contributed by atoms with Crippen molar-refractivity contribution in [1.82, 2.24) is 0 Å². The van der Waals surface area contributed by atoms with E-state index in [0.29, 0.717) is 23.5 Å². The maximum absolute atomic E-state index is 11.8. The minimum absolute atomic E-state index is 0.250. The van der Waals surface area contributed by atoms with Gasteiger partial charge in [-0.3, -0.25) is 8.51 Å². The molecule has 0 saturated heterocycles. The molecule has 5 nitrogen and oxygen atoms in total. The fourth-order valence-corrected chi connectivity index (χ4v) is 4.18. The van der Waals surface area contributed by atoms with E-state index in [1.807, 2.05) is 29.6 Å². The smallest absolute Gasteiger partial charge is 0.335 e. The Balaban J connectivity index is 1.83. The van der Waals surface area contributed by atoms with Crippen LogP contribution in [0.2, 0.25) is 0 Å². The van der Waals surface area contributed by atoms with Crippen molar-refractivity contribution in [3.05, 3.63) is 82.7 Å². The fraction of sp³-hybridized carbons (Fsp3) is 0.105. The van der Waals surface area contributed by atoms with Gasteiger partial charge in [0.15, 0.2) is 0 Å². The molecule has 0 aliphatic carbocycles. The van der Waals surface area contributed by atoms with Gasteiger partial charge in [0.25, 0.3) is 0 Å². The zero-order valence-corrected chi connectivity index (χ0v) is 15.3. The lowest BCUT2D eigenvalue weighted by Crippen LogP contribution is -2.20. The number of hydrogen-bond acceptors (Lipinski definition) is 4. The summed E-state index contributed by atoms with van der Waals surface area (Å²) in [6, 6.07) is 17.7. The Morgan fingerprint density at radius 2 is 1.77 bits per heavy atom. The van der Waals surface area contributed by atoms with Crippen molar-refractivity contribution in [2.24, 2.45) is 0 Å². The molecule has 1 N–H and O–H groups in total. The van der Waals surface area contributed by atoms with E-state index in [1.165, 1.54) is 15.6 Å². The van der Waals surface area contributed by atoms with Crippen LogP contribution in [0.3, 0.4) is 0 Å². The minimum atomic E-state index is -2.42. The molecule has 7 heteroatoms. The molecular formula is C19H16NO4S2-. The number of benzene rings is 2. The van der Waals surface area contributed by atoms with Crippen LogP contribution in [0.25, 0.3) is 0 Å². The Morgan fingerprint density at radius 1 is 1.04 bits per heavy atom. The average molecular weight is 386 g/mol. The molecule has 134 valence electrons. The van der Waals surface area contributed by atoms with Gasteiger partial charge in [0.05, 0.1) is 22.5 Å². The van der Waals surface area contributed by atoms with Gasteiger partial charge in [0, 0.05) is 0 Å². The van der Waals surface area contributed by atoms with Gasteiger partial charge in [-0.1, -0.05) is 30.3 Å². The second-order valence-electron chi connectivity index (χ2n) is 5.59. The summed E-state index contributed by atoms with van der Waals surface area (Å²) in [6.07, 6.45) is 1.32. The van der Waals surface area contributed by atoms with Gasteiger partial charge in [0.2, 0.25) is 0 Å². The molecule has 0 fully saturated rings. The maximum Gasteiger partial charge on any atom is 0.335 e. The Labute approximate surface area is 158 Å². The molecule has 1 heterocycles. The number of thiophene rings is 1. The van der Waals surface area contributed by atoms with Crippen molar-refractivity contribution in [1.29, 1.82) is 0 Å². The molecule has 1 aromatic heterocycles. The molecular weight excluding hydrogens is 370 g/mol. The first kappa shape index (κ1) is 18.3. The van der Waals surface area contributed by atoms with Crippen molar-refractivity contribution in [3.63, 3.8) is 0 Å². The van der Waals surface area contributed by atoms with Gasteiger partial charge in [-0.25, -0.2) is 4.79 Å². The van der Waals surface area contributed by atoms with Crippen molar-refractivity contribution in [2.45, 2.75) is 12.8 Å². The third-order valence-corrected chi connectivity index (χ3v) is 5.61. The molecule has 1 atom stereocenters. The quantitative estimate of drug-likeness (QED) is 0.618. The van der Waals surface area contributed by atoms with E-state index in [2.05, 4.69) is 0 Å². The lowest BCUT2D eigenvalue weighted by Gasteiger charge is -2.27. The molecule has 0 aliphatic heterocycles. The highest BCUT2D eigenvalue weighted by Gasteiger charge is 2.15. The molecule has 3 aromatic rings. The first-order valence-corrected chi connectivity index (χ1v) is 9.80. The van der Waals surface area contributed by atoms with Crippen LogP contribution >= 0.6 is 11.3 Å². The standard InChI is InChI=1S/C19H17NO4S2/c21-19(22)16-11-8-14(9-12-16)7-10-15-4-1-2-5-17(15)20(26(23)24)18-6-3-13-25-18/h1-6,8-9,11-13H,7,10H2,(H,21,22)(H,23,24)/p-1. The van der Waals surface area contributed by atoms with Crippen LogP contribution in [0.4, 0.5) is 10.7 Å². The third kappa shape index (κ3) is 4.19. The third-order valence-electron chi connectivity index (χ3n) is 3.95. The predicted molar refractivity (Wildman–Crippen MR) is 103 cm³/mol. The molecule has 0 aliphatic rings. The largest absolute Gasteiger partial charge is 0.755 e. The number of carbonyl (C=O) groups is 1. The summed E-state index contributed by atoms with van der Waals surface area (Å²) >= 11 is -1.06. The Bertz CT molecular complexity index is 908. The van der Waals surface area contributed by atoms with Gasteiger partial charge in [-0.05, 0) is 59.7 Å². The van der Waals surface area contributed by atoms with Crippen LogP contribution in [0.1, 0.15) is 21.5 Å². The van der Waals surface area contributed by atoms with Gasteiger partial charge >= 0.3 is 5.97 Å². The molecule has 0 radical (unpaired) electrons. The molecule has 2 aromatic carbocycles. The summed E-state index contributed by atoms with van der Waals surface area (Å²) in [7, 11) is 0. The summed E-state index contributed by atoms with van der Waals surface area (Å²) in [5, 5.41) is 11.4. The number of hydrogen-bond donors (Lipinski definition) is 1. The summed E-state index contributed by atoms with van der Waals surface area (Å²) < 4.78 is 24.9. The SMILES string of the molecule is O=C(O)c1ccc(CCc2ccccc2N(c2cccs2)S(=O)[O-])cc1. The normalized spacial score (nSPS) is 11.9. The second-order valence-corrected chi connectivity index (χ2v) is 7.32. The number of nitrogens with zero attached hydrogens (tertiary/aromatic N) is 1. The van der Waals surface area contributed by atoms with Crippen LogP contribution in [0.5, 0.6) is 0 Å². The number of para-hydroxylation sites is 1. The molecule has 0 bridgehead atoms. The van der Waals surface area contributed by atoms with Crippen molar-refractivity contribution >= 4 is 39.3 Å². The highest BCUT2D eigenvalue weighted by atomic mass is 32.2. The van der Waals surface area contributed by atoms with E-state index >= 15 is 0 Å². The van der Waals surface area contributed by atoms with Gasteiger partial charge in [-0.15, -0.1) is 11.3 Å². The van der Waals surface area contributed by atoms with E-state index in [9.17, 15) is 13.6 Å². The zero-order chi connectivity index (χ0) is 18.5. The number of carboxylic acids is 1. The molecule has 0 amide bonds. The first-order chi connectivity index (χ1) is 12.6. The fourth-order valence-electron chi connectivity index (χ4n) is 2.67. The molecule has 0 spiro atoms. The summed E-state index contributed by atoms with van der Waals surface area (Å²) in [4.78, 5) is 10.9. The molecule has 0 saturated carbocycles. The Hall–Kier alpha value is -2.48. The Morgan fingerprint density at radius 3 is 2.38 bits per heavy atom. The topological polar surface area (TPSA) is 80.7 Å². The predicted octanol–water partition coefficient (Wildman–Crippen LogP) is 4.16. The van der Waals surface area contributed by atoms with E-state index < -0.39 is 17.2 Å². The highest BCUT2D eigenvalue weighted by Crippen LogP contribution is 2.33. The van der Waals surface area contributed by atoms with Crippen molar-refractivity contribution in [2.75, 3.05) is 4.31 Å². The molecule has 3 rings (SSSR count). The van der Waals surface area contributed by atoms with Crippen LogP contribution in [-0.2, 0) is 24.1 Å². The van der Waals surface area contributed by atoms with Gasteiger partial charge in [0.1, 0.15) is 5.00 Å². The zero-order valence-electron chi connectivity index (χ0n) is 13.7. The van der Waals surface area contributed by atoms with Crippen molar-refractivity contribution in [3.8, 4) is 0 Å². The van der Waals surface area contributed by atoms with Crippen LogP contribution in [0.15, 0.2) is 66.0 Å². The maximum atomic E-state index is 11.8. The van der Waals surface area contributed by atoms with Crippen LogP contribution < -0.4 is 4.31 Å². The number of aryl methyl sites for hydroxylation is 2. The number of carboxylic acid groups (broad SMARTS) is 1. The minimum Gasteiger partial charge on any atom is -0.755 e. The van der Waals surface area contributed by atoms with E-state index in [4.69, 9.17) is 5.11 Å². The van der Waals surface area contributed by atoms with E-state index in [1.54, 1.807) is 36.4 Å². The lowest BCUT2D eigenvalue weighted by atomic mass is 10.0. The monoisotopic (exact) mass is 386 g/mol. The van der Waals surface area contributed by atoms with Gasteiger partial charge < -0.3 is 9.66 Å². The van der Waals surface area contributed by atoms with E-state index in [0.717, 1.165) is 11.1 Å².